The fraction of sp³-hybridized carbons (Fsp3) is 0.545. The Morgan fingerprint density at radius 2 is 2.19 bits per heavy atom. The van der Waals surface area contributed by atoms with Gasteiger partial charge in [0.15, 0.2) is 0 Å². The predicted molar refractivity (Wildman–Crippen MR) is 61.5 cm³/mol. The van der Waals surface area contributed by atoms with E-state index in [1.807, 2.05) is 6.07 Å². The summed E-state index contributed by atoms with van der Waals surface area (Å²) in [5, 5.41) is 11.6. The van der Waals surface area contributed by atoms with E-state index in [1.165, 1.54) is 0 Å². The molecule has 5 nitrogen and oxygen atoms in total. The lowest BCUT2D eigenvalue weighted by molar-refractivity contribution is 0.0939. The number of aliphatic hydroxyl groups excluding tert-OH is 1. The van der Waals surface area contributed by atoms with E-state index in [0.717, 1.165) is 13.1 Å². The average Bonchev–Trinajstić information content (AvgIpc) is 2.30. The van der Waals surface area contributed by atoms with Crippen molar-refractivity contribution in [3.63, 3.8) is 0 Å². The van der Waals surface area contributed by atoms with Crippen molar-refractivity contribution in [1.82, 2.24) is 9.88 Å². The number of ether oxygens (including phenoxy) is 1. The fourth-order valence-corrected chi connectivity index (χ4v) is 1.28. The van der Waals surface area contributed by atoms with Crippen LogP contribution in [-0.4, -0.2) is 42.6 Å². The van der Waals surface area contributed by atoms with Crippen LogP contribution in [0.4, 0.5) is 0 Å². The molecule has 5 heteroatoms. The van der Waals surface area contributed by atoms with E-state index in [-0.39, 0.29) is 12.2 Å². The van der Waals surface area contributed by atoms with Crippen molar-refractivity contribution in [2.75, 3.05) is 32.9 Å². The van der Waals surface area contributed by atoms with E-state index in [2.05, 4.69) is 5.32 Å². The molecule has 0 saturated carbocycles. The standard InChI is InChI=1S/C11H18N2O3/c14-8-10-16-9-5-12-4-7-13-6-2-1-3-11(13)15/h1-3,6,12,14H,4-5,7-10H2. The zero-order valence-electron chi connectivity index (χ0n) is 9.26. The molecule has 0 bridgehead atoms. The van der Waals surface area contributed by atoms with Gasteiger partial charge in [0.05, 0.1) is 19.8 Å². The van der Waals surface area contributed by atoms with Crippen molar-refractivity contribution in [3.8, 4) is 0 Å². The lowest BCUT2D eigenvalue weighted by Gasteiger charge is -2.07. The van der Waals surface area contributed by atoms with Gasteiger partial charge in [0.25, 0.3) is 5.56 Å². The molecule has 0 unspecified atom stereocenters. The van der Waals surface area contributed by atoms with E-state index >= 15 is 0 Å². The third-order valence-corrected chi connectivity index (χ3v) is 2.09. The Labute approximate surface area is 94.7 Å². The van der Waals surface area contributed by atoms with Gasteiger partial charge in [-0.25, -0.2) is 0 Å². The summed E-state index contributed by atoms with van der Waals surface area (Å²) in [6, 6.07) is 5.12. The number of rotatable bonds is 8. The lowest BCUT2D eigenvalue weighted by Crippen LogP contribution is -2.28. The van der Waals surface area contributed by atoms with Crippen molar-refractivity contribution in [1.29, 1.82) is 0 Å². The third-order valence-electron chi connectivity index (χ3n) is 2.09. The molecule has 0 atom stereocenters. The Kier molecular flexibility index (Phi) is 6.48. The topological polar surface area (TPSA) is 63.5 Å². The molecule has 1 aromatic heterocycles. The largest absolute Gasteiger partial charge is 0.394 e. The summed E-state index contributed by atoms with van der Waals surface area (Å²) in [5.41, 5.74) is 0.0147. The van der Waals surface area contributed by atoms with Crippen LogP contribution in [0.15, 0.2) is 29.2 Å². The minimum absolute atomic E-state index is 0.0147. The number of aromatic nitrogens is 1. The van der Waals surface area contributed by atoms with Gasteiger partial charge in [-0.2, -0.15) is 0 Å². The minimum atomic E-state index is 0.0147. The summed E-state index contributed by atoms with van der Waals surface area (Å²) in [5.74, 6) is 0. The highest BCUT2D eigenvalue weighted by Gasteiger charge is 1.93. The molecule has 0 saturated heterocycles. The maximum absolute atomic E-state index is 11.3. The van der Waals surface area contributed by atoms with Gasteiger partial charge in [0, 0.05) is 31.9 Å². The Hall–Kier alpha value is -1.17. The van der Waals surface area contributed by atoms with Gasteiger partial charge < -0.3 is 19.7 Å². The monoisotopic (exact) mass is 226 g/mol. The van der Waals surface area contributed by atoms with Crippen LogP contribution in [0.5, 0.6) is 0 Å². The molecule has 16 heavy (non-hydrogen) atoms. The van der Waals surface area contributed by atoms with Crippen LogP contribution in [0.1, 0.15) is 0 Å². The third kappa shape index (κ3) is 5.06. The molecular formula is C11H18N2O3. The number of pyridine rings is 1. The van der Waals surface area contributed by atoms with Gasteiger partial charge in [-0.3, -0.25) is 4.79 Å². The maximum Gasteiger partial charge on any atom is 0.250 e. The summed E-state index contributed by atoms with van der Waals surface area (Å²) in [4.78, 5) is 11.3. The smallest absolute Gasteiger partial charge is 0.250 e. The molecule has 0 aromatic carbocycles. The molecule has 0 aliphatic heterocycles. The first kappa shape index (κ1) is 12.9. The van der Waals surface area contributed by atoms with E-state index in [0.29, 0.717) is 19.8 Å². The quantitative estimate of drug-likeness (QED) is 0.584. The molecule has 1 aromatic rings. The van der Waals surface area contributed by atoms with Crippen molar-refractivity contribution in [2.45, 2.75) is 6.54 Å². The van der Waals surface area contributed by atoms with Crippen molar-refractivity contribution in [3.05, 3.63) is 34.7 Å². The maximum atomic E-state index is 11.3. The van der Waals surface area contributed by atoms with Crippen molar-refractivity contribution < 1.29 is 9.84 Å². The lowest BCUT2D eigenvalue weighted by atomic mass is 10.4. The van der Waals surface area contributed by atoms with E-state index in [9.17, 15) is 4.79 Å². The average molecular weight is 226 g/mol. The molecule has 0 radical (unpaired) electrons. The second kappa shape index (κ2) is 8.04. The molecule has 0 amide bonds. The van der Waals surface area contributed by atoms with E-state index < -0.39 is 0 Å². The normalized spacial score (nSPS) is 10.6. The number of nitrogens with zero attached hydrogens (tertiary/aromatic N) is 1. The van der Waals surface area contributed by atoms with Gasteiger partial charge in [0.2, 0.25) is 0 Å². The van der Waals surface area contributed by atoms with Crippen LogP contribution >= 0.6 is 0 Å². The fourth-order valence-electron chi connectivity index (χ4n) is 1.28. The molecular weight excluding hydrogens is 208 g/mol. The van der Waals surface area contributed by atoms with Crippen LogP contribution < -0.4 is 10.9 Å². The zero-order valence-corrected chi connectivity index (χ0v) is 9.26. The first-order valence-electron chi connectivity index (χ1n) is 5.39. The Balaban J connectivity index is 2.08. The van der Waals surface area contributed by atoms with Gasteiger partial charge in [-0.15, -0.1) is 0 Å². The molecule has 0 spiro atoms. The SMILES string of the molecule is O=c1ccccn1CCNCCOCCO. The highest BCUT2D eigenvalue weighted by Crippen LogP contribution is 1.80. The summed E-state index contributed by atoms with van der Waals surface area (Å²) in [6.45, 7) is 3.11. The Bertz CT molecular complexity index is 338. The second-order valence-corrected chi connectivity index (χ2v) is 3.32. The predicted octanol–water partition coefficient (Wildman–Crippen LogP) is -0.553. The Morgan fingerprint density at radius 3 is 2.94 bits per heavy atom. The highest BCUT2D eigenvalue weighted by molar-refractivity contribution is 4.93. The van der Waals surface area contributed by atoms with Crippen LogP contribution in [0.3, 0.4) is 0 Å². The van der Waals surface area contributed by atoms with Gasteiger partial charge in [-0.05, 0) is 6.07 Å². The first-order valence-corrected chi connectivity index (χ1v) is 5.39. The minimum Gasteiger partial charge on any atom is -0.394 e. The van der Waals surface area contributed by atoms with Crippen LogP contribution in [0.25, 0.3) is 0 Å². The van der Waals surface area contributed by atoms with Gasteiger partial charge >= 0.3 is 0 Å². The zero-order chi connectivity index (χ0) is 11.6. The molecule has 1 heterocycles. The van der Waals surface area contributed by atoms with Crippen molar-refractivity contribution >= 4 is 0 Å². The molecule has 90 valence electrons. The van der Waals surface area contributed by atoms with Gasteiger partial charge in [-0.1, -0.05) is 6.07 Å². The molecule has 2 N–H and O–H groups in total. The van der Waals surface area contributed by atoms with Gasteiger partial charge in [0.1, 0.15) is 0 Å². The second-order valence-electron chi connectivity index (χ2n) is 3.32. The van der Waals surface area contributed by atoms with E-state index in [1.54, 1.807) is 22.9 Å². The number of hydrogen-bond donors (Lipinski definition) is 2. The van der Waals surface area contributed by atoms with Crippen LogP contribution in [0.2, 0.25) is 0 Å². The number of nitrogens with one attached hydrogen (secondary N) is 1. The van der Waals surface area contributed by atoms with Crippen LogP contribution in [0, 0.1) is 0 Å². The number of aliphatic hydroxyl groups is 1. The van der Waals surface area contributed by atoms with Crippen molar-refractivity contribution in [2.24, 2.45) is 0 Å². The molecule has 1 rings (SSSR count). The molecule has 0 aliphatic rings. The number of hydrogen-bond acceptors (Lipinski definition) is 4. The highest BCUT2D eigenvalue weighted by atomic mass is 16.5. The molecule has 0 aliphatic carbocycles. The summed E-state index contributed by atoms with van der Waals surface area (Å²) >= 11 is 0. The van der Waals surface area contributed by atoms with Crippen LogP contribution in [-0.2, 0) is 11.3 Å². The van der Waals surface area contributed by atoms with E-state index in [4.69, 9.17) is 9.84 Å². The Morgan fingerprint density at radius 1 is 1.31 bits per heavy atom. The summed E-state index contributed by atoms with van der Waals surface area (Å²) < 4.78 is 6.73. The summed E-state index contributed by atoms with van der Waals surface area (Å²) in [7, 11) is 0. The molecule has 0 fully saturated rings. The summed E-state index contributed by atoms with van der Waals surface area (Å²) in [6.07, 6.45) is 1.77. The first-order chi connectivity index (χ1) is 7.84.